The lowest BCUT2D eigenvalue weighted by molar-refractivity contribution is -0.117. The number of fused-ring (bicyclic) bond motifs is 1. The summed E-state index contributed by atoms with van der Waals surface area (Å²) < 4.78 is 11.0. The first-order valence-electron chi connectivity index (χ1n) is 9.67. The van der Waals surface area contributed by atoms with Crippen molar-refractivity contribution in [3.63, 3.8) is 0 Å². The van der Waals surface area contributed by atoms with E-state index in [9.17, 15) is 9.59 Å². The molecule has 31 heavy (non-hydrogen) atoms. The number of aryl methyl sites for hydroxylation is 1. The van der Waals surface area contributed by atoms with Gasteiger partial charge in [0.15, 0.2) is 10.4 Å². The third-order valence-electron chi connectivity index (χ3n) is 4.81. The first-order chi connectivity index (χ1) is 15.0. The Bertz CT molecular complexity index is 1250. The number of H-pyrrole nitrogens is 1. The van der Waals surface area contributed by atoms with Gasteiger partial charge >= 0.3 is 0 Å². The number of carbonyl (C=O) groups is 2. The largest absolute Gasteiger partial charge is 0.465 e. The van der Waals surface area contributed by atoms with Crippen LogP contribution in [0.5, 0.6) is 0 Å². The standard InChI is InChI=1S/C23H20BrN3O4/c1-14-16(17-6-2-3-7-18(17)26-14)10-11-25-22(28)19(13-15-5-4-12-30-15)27-23(29)20-8-9-21(24)31-20/h2-9,12-13,26H,10-11H2,1H3,(H,25,28)(H,27,29)/b19-13-. The maximum absolute atomic E-state index is 12.8. The molecule has 0 bridgehead atoms. The molecule has 158 valence electrons. The first-order valence-corrected chi connectivity index (χ1v) is 10.5. The Labute approximate surface area is 186 Å². The van der Waals surface area contributed by atoms with E-state index in [-0.39, 0.29) is 11.5 Å². The number of carbonyl (C=O) groups excluding carboxylic acids is 2. The molecule has 0 unspecified atom stereocenters. The van der Waals surface area contributed by atoms with Crippen molar-refractivity contribution in [3.8, 4) is 0 Å². The van der Waals surface area contributed by atoms with Gasteiger partial charge in [-0.3, -0.25) is 9.59 Å². The third-order valence-corrected chi connectivity index (χ3v) is 5.23. The number of para-hydroxylation sites is 1. The summed E-state index contributed by atoms with van der Waals surface area (Å²) in [5.74, 6) is -0.433. The van der Waals surface area contributed by atoms with Crippen molar-refractivity contribution in [2.24, 2.45) is 0 Å². The topological polar surface area (TPSA) is 100 Å². The Balaban J connectivity index is 1.46. The second-order valence-corrected chi connectivity index (χ2v) is 7.69. The van der Waals surface area contributed by atoms with E-state index in [0.717, 1.165) is 22.2 Å². The Morgan fingerprint density at radius 1 is 1.13 bits per heavy atom. The average Bonchev–Trinajstić information content (AvgIpc) is 3.48. The summed E-state index contributed by atoms with van der Waals surface area (Å²) in [6.45, 7) is 2.42. The zero-order valence-electron chi connectivity index (χ0n) is 16.7. The van der Waals surface area contributed by atoms with Gasteiger partial charge in [-0.05, 0) is 65.2 Å². The van der Waals surface area contributed by atoms with Crippen LogP contribution in [0.4, 0.5) is 0 Å². The van der Waals surface area contributed by atoms with Gasteiger partial charge < -0.3 is 24.5 Å². The molecule has 0 atom stereocenters. The number of furan rings is 2. The molecule has 3 N–H and O–H groups in total. The van der Waals surface area contributed by atoms with Crippen LogP contribution in [0.25, 0.3) is 17.0 Å². The molecular formula is C23H20BrN3O4. The lowest BCUT2D eigenvalue weighted by atomic mass is 10.1. The number of aromatic nitrogens is 1. The lowest BCUT2D eigenvalue weighted by Gasteiger charge is -2.10. The maximum Gasteiger partial charge on any atom is 0.291 e. The molecule has 0 aliphatic rings. The quantitative estimate of drug-likeness (QED) is 0.337. The van der Waals surface area contributed by atoms with E-state index in [1.807, 2.05) is 25.1 Å². The molecule has 8 heteroatoms. The highest BCUT2D eigenvalue weighted by molar-refractivity contribution is 9.10. The number of rotatable bonds is 7. The van der Waals surface area contributed by atoms with Crippen LogP contribution in [0, 0.1) is 6.92 Å². The Hall–Kier alpha value is -3.52. The summed E-state index contributed by atoms with van der Waals surface area (Å²) in [5, 5.41) is 6.61. The van der Waals surface area contributed by atoms with Gasteiger partial charge in [-0.2, -0.15) is 0 Å². The van der Waals surface area contributed by atoms with E-state index in [1.54, 1.807) is 18.2 Å². The van der Waals surface area contributed by atoms with E-state index in [4.69, 9.17) is 8.83 Å². The molecule has 3 heterocycles. The number of halogens is 1. The highest BCUT2D eigenvalue weighted by Crippen LogP contribution is 2.22. The molecule has 1 aromatic carbocycles. The first kappa shape index (κ1) is 20.7. The van der Waals surface area contributed by atoms with Gasteiger partial charge in [0, 0.05) is 29.2 Å². The molecule has 0 fully saturated rings. The van der Waals surface area contributed by atoms with Gasteiger partial charge in [-0.25, -0.2) is 0 Å². The summed E-state index contributed by atoms with van der Waals surface area (Å²) >= 11 is 3.16. The molecule has 4 aromatic rings. The third kappa shape index (κ3) is 4.80. The molecule has 3 aromatic heterocycles. The molecule has 0 radical (unpaired) electrons. The van der Waals surface area contributed by atoms with Crippen molar-refractivity contribution in [1.82, 2.24) is 15.6 Å². The van der Waals surface area contributed by atoms with Crippen molar-refractivity contribution in [2.45, 2.75) is 13.3 Å². The number of hydrogen-bond donors (Lipinski definition) is 3. The van der Waals surface area contributed by atoms with Gasteiger partial charge in [-0.1, -0.05) is 18.2 Å². The highest BCUT2D eigenvalue weighted by atomic mass is 79.9. The van der Waals surface area contributed by atoms with Crippen LogP contribution in [0.1, 0.15) is 27.6 Å². The summed E-state index contributed by atoms with van der Waals surface area (Å²) in [6, 6.07) is 14.6. The van der Waals surface area contributed by atoms with Crippen molar-refractivity contribution in [2.75, 3.05) is 6.54 Å². The van der Waals surface area contributed by atoms with Gasteiger partial charge in [0.05, 0.1) is 6.26 Å². The summed E-state index contributed by atoms with van der Waals surface area (Å²) in [5.41, 5.74) is 3.34. The van der Waals surface area contributed by atoms with E-state index in [2.05, 4.69) is 37.6 Å². The van der Waals surface area contributed by atoms with E-state index >= 15 is 0 Å². The normalized spacial score (nSPS) is 11.6. The monoisotopic (exact) mass is 481 g/mol. The Morgan fingerprint density at radius 3 is 2.71 bits per heavy atom. The van der Waals surface area contributed by atoms with Gasteiger partial charge in [0.25, 0.3) is 11.8 Å². The minimum absolute atomic E-state index is 0.0584. The molecule has 0 aliphatic carbocycles. The molecular weight excluding hydrogens is 462 g/mol. The lowest BCUT2D eigenvalue weighted by Crippen LogP contribution is -2.35. The predicted octanol–water partition coefficient (Wildman–Crippen LogP) is 4.55. The second-order valence-electron chi connectivity index (χ2n) is 6.91. The van der Waals surface area contributed by atoms with E-state index in [0.29, 0.717) is 23.4 Å². The molecule has 7 nitrogen and oxygen atoms in total. The maximum atomic E-state index is 12.8. The van der Waals surface area contributed by atoms with Crippen LogP contribution in [0.2, 0.25) is 0 Å². The molecule has 0 aliphatic heterocycles. The average molecular weight is 482 g/mol. The smallest absolute Gasteiger partial charge is 0.291 e. The molecule has 0 spiro atoms. The predicted molar refractivity (Wildman–Crippen MR) is 120 cm³/mol. The van der Waals surface area contributed by atoms with Crippen LogP contribution >= 0.6 is 15.9 Å². The zero-order chi connectivity index (χ0) is 21.8. The minimum Gasteiger partial charge on any atom is -0.465 e. The van der Waals surface area contributed by atoms with Crippen molar-refractivity contribution < 1.29 is 18.4 Å². The summed E-state index contributed by atoms with van der Waals surface area (Å²) in [6.07, 6.45) is 3.61. The van der Waals surface area contributed by atoms with Crippen molar-refractivity contribution >= 4 is 44.7 Å². The Kier molecular flexibility index (Phi) is 6.08. The zero-order valence-corrected chi connectivity index (χ0v) is 18.3. The number of amides is 2. The molecule has 4 rings (SSSR count). The fourth-order valence-corrected chi connectivity index (χ4v) is 3.65. The SMILES string of the molecule is Cc1[nH]c2ccccc2c1CCNC(=O)/C(=C/c1ccco1)NC(=O)c1ccc(Br)o1. The molecule has 2 amide bonds. The number of nitrogens with one attached hydrogen (secondary N) is 3. The van der Waals surface area contributed by atoms with E-state index < -0.39 is 11.8 Å². The van der Waals surface area contributed by atoms with Crippen LogP contribution in [0.3, 0.4) is 0 Å². The number of benzene rings is 1. The van der Waals surface area contributed by atoms with Crippen LogP contribution in [-0.4, -0.2) is 23.3 Å². The second kappa shape index (κ2) is 9.09. The number of hydrogen-bond acceptors (Lipinski definition) is 4. The summed E-state index contributed by atoms with van der Waals surface area (Å²) in [7, 11) is 0. The Morgan fingerprint density at radius 2 is 1.97 bits per heavy atom. The van der Waals surface area contributed by atoms with E-state index in [1.165, 1.54) is 18.4 Å². The minimum atomic E-state index is -0.536. The number of aromatic amines is 1. The fraction of sp³-hybridized carbons (Fsp3) is 0.130. The molecule has 0 saturated heterocycles. The molecule has 0 saturated carbocycles. The van der Waals surface area contributed by atoms with Crippen LogP contribution in [-0.2, 0) is 11.2 Å². The van der Waals surface area contributed by atoms with Crippen molar-refractivity contribution in [3.05, 3.63) is 87.9 Å². The van der Waals surface area contributed by atoms with Gasteiger partial charge in [-0.15, -0.1) is 0 Å². The van der Waals surface area contributed by atoms with Crippen molar-refractivity contribution in [1.29, 1.82) is 0 Å². The van der Waals surface area contributed by atoms with Gasteiger partial charge in [0.1, 0.15) is 11.5 Å². The van der Waals surface area contributed by atoms with Gasteiger partial charge in [0.2, 0.25) is 0 Å². The fourth-order valence-electron chi connectivity index (χ4n) is 3.35. The van der Waals surface area contributed by atoms with Crippen LogP contribution in [0.15, 0.2) is 74.0 Å². The highest BCUT2D eigenvalue weighted by Gasteiger charge is 2.18. The van der Waals surface area contributed by atoms with Crippen LogP contribution < -0.4 is 10.6 Å². The summed E-state index contributed by atoms with van der Waals surface area (Å²) in [4.78, 5) is 28.7.